The van der Waals surface area contributed by atoms with E-state index in [1.807, 2.05) is 0 Å². The zero-order valence-corrected chi connectivity index (χ0v) is 5.33. The third-order valence-electron chi connectivity index (χ3n) is 0.812. The molecule has 5 nitrogen and oxygen atoms in total. The van der Waals surface area contributed by atoms with Gasteiger partial charge in [0.25, 0.3) is 0 Å². The zero-order chi connectivity index (χ0) is 7.40. The highest BCUT2D eigenvalue weighted by Crippen LogP contribution is 2.06. The van der Waals surface area contributed by atoms with E-state index >= 15 is 0 Å². The maximum absolute atomic E-state index is 10.5. The highest BCUT2D eigenvalue weighted by molar-refractivity contribution is 5.68. The predicted octanol–water partition coefficient (Wildman–Crippen LogP) is 0.393. The van der Waals surface area contributed by atoms with Crippen LogP contribution in [0.5, 0.6) is 5.95 Å². The van der Waals surface area contributed by atoms with E-state index in [2.05, 4.69) is 19.7 Å². The number of ether oxygens (including phenoxy) is 1. The van der Waals surface area contributed by atoms with Crippen LogP contribution in [-0.4, -0.2) is 18.3 Å². The molecule has 0 radical (unpaired) electrons. The Morgan fingerprint density at radius 2 is 2.70 bits per heavy atom. The number of nitrogens with one attached hydrogen (secondary N) is 1. The second kappa shape index (κ2) is 2.86. The highest BCUT2D eigenvalue weighted by Gasteiger charge is 2.02. The minimum Gasteiger partial charge on any atom is -0.374 e. The number of rotatable bonds is 1. The summed E-state index contributed by atoms with van der Waals surface area (Å²) < 4.78 is 9.00. The first-order valence-electron chi connectivity index (χ1n) is 2.63. The van der Waals surface area contributed by atoms with Crippen LogP contribution in [0.15, 0.2) is 16.8 Å². The first-order chi connectivity index (χ1) is 4.83. The fourth-order valence-electron chi connectivity index (χ4n) is 0.399. The molecule has 0 fully saturated rings. The van der Waals surface area contributed by atoms with Gasteiger partial charge in [-0.1, -0.05) is 5.16 Å². The molecule has 0 aliphatic carbocycles. The molecule has 0 aromatic carbocycles. The van der Waals surface area contributed by atoms with Crippen LogP contribution in [-0.2, 0) is 0 Å². The molecule has 1 aromatic rings. The molecule has 0 unspecified atom stereocenters. The van der Waals surface area contributed by atoms with Gasteiger partial charge in [0.1, 0.15) is 0 Å². The topological polar surface area (TPSA) is 64.4 Å². The van der Waals surface area contributed by atoms with Crippen molar-refractivity contribution in [2.75, 3.05) is 7.05 Å². The number of nitrogens with zero attached hydrogens (tertiary/aromatic N) is 1. The van der Waals surface area contributed by atoms with Gasteiger partial charge in [-0.25, -0.2) is 4.79 Å². The molecule has 0 atom stereocenters. The summed E-state index contributed by atoms with van der Waals surface area (Å²) in [5.74, 6) is 0.0827. The third-order valence-corrected chi connectivity index (χ3v) is 0.812. The lowest BCUT2D eigenvalue weighted by molar-refractivity contribution is 0.183. The van der Waals surface area contributed by atoms with Crippen molar-refractivity contribution in [3.05, 3.63) is 12.3 Å². The molecule has 54 valence electrons. The van der Waals surface area contributed by atoms with Crippen LogP contribution in [0.4, 0.5) is 4.79 Å². The van der Waals surface area contributed by atoms with Crippen molar-refractivity contribution >= 4 is 6.09 Å². The lowest BCUT2D eigenvalue weighted by Crippen LogP contribution is -2.21. The maximum atomic E-state index is 10.5. The Morgan fingerprint density at radius 3 is 3.20 bits per heavy atom. The molecule has 1 heterocycles. The molecule has 0 aliphatic heterocycles. The van der Waals surface area contributed by atoms with E-state index in [-0.39, 0.29) is 5.95 Å². The van der Waals surface area contributed by atoms with Gasteiger partial charge >= 0.3 is 12.0 Å². The molecule has 0 saturated heterocycles. The second-order valence-electron chi connectivity index (χ2n) is 1.47. The Morgan fingerprint density at radius 1 is 1.90 bits per heavy atom. The van der Waals surface area contributed by atoms with Crippen molar-refractivity contribution in [2.24, 2.45) is 0 Å². The Hall–Kier alpha value is -1.52. The van der Waals surface area contributed by atoms with Gasteiger partial charge in [0, 0.05) is 13.1 Å². The van der Waals surface area contributed by atoms with Crippen molar-refractivity contribution in [3.8, 4) is 5.95 Å². The number of hydrogen-bond acceptors (Lipinski definition) is 4. The van der Waals surface area contributed by atoms with Crippen LogP contribution in [0.25, 0.3) is 0 Å². The number of carbonyl (C=O) groups excluding carboxylic acids is 1. The Bertz CT molecular complexity index is 207. The van der Waals surface area contributed by atoms with E-state index in [0.29, 0.717) is 0 Å². The Balaban J connectivity index is 2.48. The monoisotopic (exact) mass is 142 g/mol. The van der Waals surface area contributed by atoms with Crippen LogP contribution in [0, 0.1) is 0 Å². The van der Waals surface area contributed by atoms with Crippen molar-refractivity contribution in [2.45, 2.75) is 0 Å². The average molecular weight is 142 g/mol. The molecular formula is C5H6N2O3. The zero-order valence-electron chi connectivity index (χ0n) is 5.33. The summed E-state index contributed by atoms with van der Waals surface area (Å²) >= 11 is 0. The molecule has 1 aromatic heterocycles. The molecule has 0 aliphatic rings. The van der Waals surface area contributed by atoms with Gasteiger partial charge in [-0.15, -0.1) is 0 Å². The first kappa shape index (κ1) is 6.60. The normalized spacial score (nSPS) is 8.90. The SMILES string of the molecule is CNC(=O)Oc1ccno1. The largest absolute Gasteiger partial charge is 0.414 e. The van der Waals surface area contributed by atoms with Crippen LogP contribution in [0.2, 0.25) is 0 Å². The first-order valence-corrected chi connectivity index (χ1v) is 2.63. The molecule has 1 N–H and O–H groups in total. The van der Waals surface area contributed by atoms with Gasteiger partial charge in [-0.3, -0.25) is 0 Å². The van der Waals surface area contributed by atoms with E-state index in [9.17, 15) is 4.79 Å². The molecule has 1 rings (SSSR count). The van der Waals surface area contributed by atoms with Gasteiger partial charge in [-0.2, -0.15) is 0 Å². The van der Waals surface area contributed by atoms with Crippen LogP contribution < -0.4 is 10.1 Å². The van der Waals surface area contributed by atoms with Crippen molar-refractivity contribution < 1.29 is 14.1 Å². The molecular weight excluding hydrogens is 136 g/mol. The fourth-order valence-corrected chi connectivity index (χ4v) is 0.399. The maximum Gasteiger partial charge on any atom is 0.414 e. The third kappa shape index (κ3) is 1.48. The highest BCUT2D eigenvalue weighted by atomic mass is 16.7. The summed E-state index contributed by atoms with van der Waals surface area (Å²) in [6.07, 6.45) is 0.815. The summed E-state index contributed by atoms with van der Waals surface area (Å²) in [4.78, 5) is 10.5. The smallest absolute Gasteiger partial charge is 0.374 e. The van der Waals surface area contributed by atoms with Crippen LogP contribution in [0.3, 0.4) is 0 Å². The van der Waals surface area contributed by atoms with Gasteiger partial charge in [0.15, 0.2) is 0 Å². The van der Waals surface area contributed by atoms with Crippen molar-refractivity contribution in [3.63, 3.8) is 0 Å². The minimum absolute atomic E-state index is 0.0827. The summed E-state index contributed by atoms with van der Waals surface area (Å²) in [7, 11) is 1.46. The fraction of sp³-hybridized carbons (Fsp3) is 0.200. The van der Waals surface area contributed by atoms with Crippen molar-refractivity contribution in [1.29, 1.82) is 0 Å². The van der Waals surface area contributed by atoms with Gasteiger partial charge in [0.05, 0.1) is 6.20 Å². The Labute approximate surface area is 57.0 Å². The van der Waals surface area contributed by atoms with E-state index in [1.54, 1.807) is 0 Å². The summed E-state index contributed by atoms with van der Waals surface area (Å²) in [6.45, 7) is 0. The Kier molecular flexibility index (Phi) is 1.89. The van der Waals surface area contributed by atoms with Gasteiger partial charge in [-0.05, 0) is 0 Å². The van der Waals surface area contributed by atoms with E-state index in [4.69, 9.17) is 0 Å². The minimum atomic E-state index is -0.572. The molecule has 0 saturated carbocycles. The van der Waals surface area contributed by atoms with Crippen LogP contribution >= 0.6 is 0 Å². The van der Waals surface area contributed by atoms with E-state index < -0.39 is 6.09 Å². The molecule has 1 amide bonds. The summed E-state index contributed by atoms with van der Waals surface area (Å²) in [5.41, 5.74) is 0. The average Bonchev–Trinajstić information content (AvgIpc) is 2.40. The van der Waals surface area contributed by atoms with Gasteiger partial charge in [0.2, 0.25) is 0 Å². The number of amides is 1. The summed E-state index contributed by atoms with van der Waals surface area (Å²) in [5, 5.41) is 5.58. The van der Waals surface area contributed by atoms with Crippen molar-refractivity contribution in [1.82, 2.24) is 10.5 Å². The standard InChI is InChI=1S/C5H6N2O3/c1-6-5(8)9-4-2-3-7-10-4/h2-3H,1H3,(H,6,8). The van der Waals surface area contributed by atoms with Crippen LogP contribution in [0.1, 0.15) is 0 Å². The second-order valence-corrected chi connectivity index (χ2v) is 1.47. The lowest BCUT2D eigenvalue weighted by atomic mass is 10.7. The van der Waals surface area contributed by atoms with Gasteiger partial charge < -0.3 is 14.6 Å². The number of hydrogen-bond donors (Lipinski definition) is 1. The lowest BCUT2D eigenvalue weighted by Gasteiger charge is -1.94. The summed E-state index contributed by atoms with van der Waals surface area (Å²) in [6, 6.07) is 1.44. The molecule has 10 heavy (non-hydrogen) atoms. The predicted molar refractivity (Wildman–Crippen MR) is 31.6 cm³/mol. The number of aromatic nitrogens is 1. The molecule has 0 bridgehead atoms. The van der Waals surface area contributed by atoms with E-state index in [1.165, 1.54) is 19.3 Å². The molecule has 0 spiro atoms. The molecule has 5 heteroatoms. The quantitative estimate of drug-likeness (QED) is 0.616. The number of carbonyl (C=O) groups is 1. The van der Waals surface area contributed by atoms with E-state index in [0.717, 1.165) is 0 Å².